The summed E-state index contributed by atoms with van der Waals surface area (Å²) in [5.74, 6) is 1.81. The minimum absolute atomic E-state index is 0.585. The first kappa shape index (κ1) is 36.0. The first-order chi connectivity index (χ1) is 31.7. The highest BCUT2D eigenvalue weighted by Gasteiger charge is 2.18. The predicted molar refractivity (Wildman–Crippen MR) is 261 cm³/mol. The van der Waals surface area contributed by atoms with Gasteiger partial charge in [0.2, 0.25) is 0 Å². The van der Waals surface area contributed by atoms with Crippen LogP contribution in [0, 0.1) is 0 Å². The first-order valence-electron chi connectivity index (χ1n) is 21.5. The summed E-state index contributed by atoms with van der Waals surface area (Å²) in [4.78, 5) is 20.1. The van der Waals surface area contributed by atoms with Crippen molar-refractivity contribution in [3.63, 3.8) is 0 Å². The van der Waals surface area contributed by atoms with Crippen LogP contribution in [-0.4, -0.2) is 24.5 Å². The van der Waals surface area contributed by atoms with Gasteiger partial charge >= 0.3 is 0 Å². The van der Waals surface area contributed by atoms with Crippen LogP contribution in [0.4, 0.5) is 0 Å². The van der Waals surface area contributed by atoms with Crippen molar-refractivity contribution in [3.05, 3.63) is 212 Å². The lowest BCUT2D eigenvalue weighted by molar-refractivity contribution is 0.670. The summed E-state index contributed by atoms with van der Waals surface area (Å²) in [7, 11) is 0. The maximum Gasteiger partial charge on any atom is 0.166 e. The maximum absolute atomic E-state index is 6.38. The third-order valence-corrected chi connectivity index (χ3v) is 12.5. The van der Waals surface area contributed by atoms with Gasteiger partial charge in [0.1, 0.15) is 11.2 Å². The lowest BCUT2D eigenvalue weighted by Crippen LogP contribution is -2.01. The van der Waals surface area contributed by atoms with Crippen LogP contribution < -0.4 is 0 Å². The zero-order valence-corrected chi connectivity index (χ0v) is 34.4. The molecule has 0 radical (unpaired) electrons. The molecule has 9 aromatic carbocycles. The molecule has 13 aromatic rings. The van der Waals surface area contributed by atoms with E-state index in [-0.39, 0.29) is 0 Å². The molecule has 0 fully saturated rings. The van der Waals surface area contributed by atoms with E-state index in [0.29, 0.717) is 17.5 Å². The van der Waals surface area contributed by atoms with Crippen molar-refractivity contribution in [2.75, 3.05) is 0 Å². The molecule has 6 heteroatoms. The minimum Gasteiger partial charge on any atom is -0.455 e. The normalized spacial score (nSPS) is 11.8. The average molecular weight is 818 g/mol. The van der Waals surface area contributed by atoms with Crippen molar-refractivity contribution < 1.29 is 4.42 Å². The molecule has 0 unspecified atom stereocenters. The number of para-hydroxylation sites is 4. The van der Waals surface area contributed by atoms with E-state index in [1.165, 1.54) is 10.8 Å². The number of aromatic nitrogens is 5. The number of fused-ring (bicyclic) bond motifs is 8. The first-order valence-corrected chi connectivity index (χ1v) is 21.5. The van der Waals surface area contributed by atoms with Gasteiger partial charge in [-0.05, 0) is 76.0 Å². The Bertz CT molecular complexity index is 3850. The molecule has 64 heavy (non-hydrogen) atoms. The van der Waals surface area contributed by atoms with Crippen LogP contribution in [0.15, 0.2) is 217 Å². The van der Waals surface area contributed by atoms with Crippen molar-refractivity contribution in [1.29, 1.82) is 0 Å². The highest BCUT2D eigenvalue weighted by molar-refractivity contribution is 6.11. The average Bonchev–Trinajstić information content (AvgIpc) is 3.92. The Morgan fingerprint density at radius 3 is 1.83 bits per heavy atom. The molecule has 0 aliphatic heterocycles. The van der Waals surface area contributed by atoms with Gasteiger partial charge in [0.25, 0.3) is 0 Å². The van der Waals surface area contributed by atoms with Gasteiger partial charge in [0.15, 0.2) is 17.5 Å². The van der Waals surface area contributed by atoms with E-state index in [9.17, 15) is 0 Å². The number of furan rings is 1. The number of pyridine rings is 1. The van der Waals surface area contributed by atoms with Crippen LogP contribution in [0.2, 0.25) is 0 Å². The van der Waals surface area contributed by atoms with Gasteiger partial charge in [-0.15, -0.1) is 0 Å². The van der Waals surface area contributed by atoms with Gasteiger partial charge < -0.3 is 8.98 Å². The van der Waals surface area contributed by atoms with E-state index in [1.54, 1.807) is 0 Å². The van der Waals surface area contributed by atoms with Crippen molar-refractivity contribution in [2.45, 2.75) is 0 Å². The summed E-state index contributed by atoms with van der Waals surface area (Å²) in [6.07, 6.45) is 1.82. The lowest BCUT2D eigenvalue weighted by atomic mass is 10.0. The minimum atomic E-state index is 0.585. The number of rotatable bonds is 6. The Morgan fingerprint density at radius 2 is 0.953 bits per heavy atom. The van der Waals surface area contributed by atoms with E-state index in [1.807, 2.05) is 36.5 Å². The van der Waals surface area contributed by atoms with E-state index < -0.39 is 0 Å². The molecule has 0 spiro atoms. The highest BCUT2D eigenvalue weighted by Crippen LogP contribution is 2.39. The Morgan fingerprint density at radius 1 is 0.359 bits per heavy atom. The molecule has 0 amide bonds. The topological polar surface area (TPSA) is 69.6 Å². The van der Waals surface area contributed by atoms with Gasteiger partial charge in [-0.25, -0.2) is 15.0 Å². The summed E-state index contributed by atoms with van der Waals surface area (Å²) < 4.78 is 8.75. The van der Waals surface area contributed by atoms with Gasteiger partial charge in [0.05, 0.1) is 16.6 Å². The largest absolute Gasteiger partial charge is 0.455 e. The third kappa shape index (κ3) is 5.81. The van der Waals surface area contributed by atoms with Crippen molar-refractivity contribution in [1.82, 2.24) is 24.5 Å². The summed E-state index contributed by atoms with van der Waals surface area (Å²) in [6, 6.07) is 72.2. The molecule has 13 rings (SSSR count). The van der Waals surface area contributed by atoms with E-state index in [4.69, 9.17) is 24.4 Å². The summed E-state index contributed by atoms with van der Waals surface area (Å²) in [5.41, 5.74) is 13.2. The zero-order valence-electron chi connectivity index (χ0n) is 34.4. The summed E-state index contributed by atoms with van der Waals surface area (Å²) in [5, 5.41) is 7.91. The number of benzene rings is 9. The molecular formula is C58H35N5O. The van der Waals surface area contributed by atoms with Gasteiger partial charge in [-0.1, -0.05) is 158 Å². The Hall–Kier alpha value is -8.74. The molecule has 0 N–H and O–H groups in total. The predicted octanol–water partition coefficient (Wildman–Crippen LogP) is 14.9. The Labute approximate surface area is 367 Å². The monoisotopic (exact) mass is 817 g/mol. The van der Waals surface area contributed by atoms with Crippen LogP contribution in [0.1, 0.15) is 0 Å². The fourth-order valence-electron chi connectivity index (χ4n) is 9.46. The second-order valence-corrected chi connectivity index (χ2v) is 16.2. The van der Waals surface area contributed by atoms with E-state index >= 15 is 0 Å². The standard InChI is InChI=1S/C58H35N5O/c1-2-15-43-37(11-1)12-7-20-48(43)57-60-56(61-58(62-57)49-21-8-13-39-14-10-34-59-54(39)49)40-26-24-36(25-27-40)41-30-33-52-50(35-41)45-16-3-5-22-51(45)63(52)42-31-28-38(29-32-42)44-18-9-19-47-46-17-4-6-23-53(46)64-55(44)47/h1-35H. The van der Waals surface area contributed by atoms with Crippen LogP contribution in [0.3, 0.4) is 0 Å². The molecule has 0 atom stereocenters. The quantitative estimate of drug-likeness (QED) is 0.167. The van der Waals surface area contributed by atoms with Crippen LogP contribution in [0.5, 0.6) is 0 Å². The molecule has 0 bridgehead atoms. The van der Waals surface area contributed by atoms with Crippen LogP contribution >= 0.6 is 0 Å². The van der Waals surface area contributed by atoms with Gasteiger partial charge in [-0.2, -0.15) is 0 Å². The van der Waals surface area contributed by atoms with Crippen molar-refractivity contribution >= 4 is 65.4 Å². The lowest BCUT2D eigenvalue weighted by Gasteiger charge is -2.12. The van der Waals surface area contributed by atoms with Gasteiger partial charge in [-0.3, -0.25) is 4.98 Å². The summed E-state index contributed by atoms with van der Waals surface area (Å²) in [6.45, 7) is 0. The molecule has 0 saturated heterocycles. The SMILES string of the molecule is c1ccc2c(-c3nc(-c4ccc(-c5ccc6c(c5)c5ccccc5n6-c5ccc(-c6cccc7c6oc6ccccc67)cc5)cc4)nc(-c4cccc5cccnc45)n3)cccc2c1. The Kier molecular flexibility index (Phi) is 8.11. The van der Waals surface area contributed by atoms with E-state index in [2.05, 4.69) is 180 Å². The van der Waals surface area contributed by atoms with Crippen LogP contribution in [-0.2, 0) is 0 Å². The van der Waals surface area contributed by atoms with Crippen molar-refractivity contribution in [3.8, 4) is 62.1 Å². The molecular weight excluding hydrogens is 783 g/mol. The van der Waals surface area contributed by atoms with Crippen molar-refractivity contribution in [2.24, 2.45) is 0 Å². The van der Waals surface area contributed by atoms with Gasteiger partial charge in [0, 0.05) is 61.1 Å². The number of nitrogens with zero attached hydrogens (tertiary/aromatic N) is 5. The molecule has 0 saturated carbocycles. The molecule has 0 aliphatic rings. The molecule has 4 heterocycles. The molecule has 298 valence electrons. The number of hydrogen-bond donors (Lipinski definition) is 0. The second-order valence-electron chi connectivity index (χ2n) is 16.2. The zero-order chi connectivity index (χ0) is 42.1. The fourth-order valence-corrected chi connectivity index (χ4v) is 9.46. The smallest absolute Gasteiger partial charge is 0.166 e. The molecule has 6 nitrogen and oxygen atoms in total. The molecule has 4 aromatic heterocycles. The Balaban J connectivity index is 0.881. The second kappa shape index (κ2) is 14.4. The summed E-state index contributed by atoms with van der Waals surface area (Å²) >= 11 is 0. The van der Waals surface area contributed by atoms with Crippen LogP contribution in [0.25, 0.3) is 128 Å². The highest BCUT2D eigenvalue weighted by atomic mass is 16.3. The molecule has 0 aliphatic carbocycles. The van der Waals surface area contributed by atoms with E-state index in [0.717, 1.165) is 99.3 Å². The maximum atomic E-state index is 6.38. The number of hydrogen-bond acceptors (Lipinski definition) is 5. The fraction of sp³-hybridized carbons (Fsp3) is 0. The third-order valence-electron chi connectivity index (χ3n) is 12.5.